The normalized spacial score (nSPS) is 16.1. The highest BCUT2D eigenvalue weighted by atomic mass is 32.2. The molecule has 0 saturated carbocycles. The van der Waals surface area contributed by atoms with E-state index >= 15 is 0 Å². The van der Waals surface area contributed by atoms with Crippen molar-refractivity contribution in [2.24, 2.45) is 0 Å². The fourth-order valence-electron chi connectivity index (χ4n) is 4.44. The third kappa shape index (κ3) is 2.22. The Morgan fingerprint density at radius 1 is 0.621 bits per heavy atom. The lowest BCUT2D eigenvalue weighted by molar-refractivity contribution is 1.14. The van der Waals surface area contributed by atoms with Gasteiger partial charge in [0.2, 0.25) is 0 Å². The summed E-state index contributed by atoms with van der Waals surface area (Å²) in [5.74, 6) is 0. The molecule has 1 unspecified atom stereocenters. The largest absolute Gasteiger partial charge is 0.368 e. The van der Waals surface area contributed by atoms with Gasteiger partial charge in [0.25, 0.3) is 0 Å². The van der Waals surface area contributed by atoms with E-state index in [1.807, 2.05) is 34.4 Å². The van der Waals surface area contributed by atoms with Gasteiger partial charge in [0, 0.05) is 35.8 Å². The van der Waals surface area contributed by atoms with Crippen LogP contribution in [0.3, 0.4) is 0 Å². The second-order valence-electron chi connectivity index (χ2n) is 7.36. The summed E-state index contributed by atoms with van der Waals surface area (Å²) < 4.78 is 5.59. The molecule has 0 saturated heterocycles. The van der Waals surface area contributed by atoms with E-state index in [0.717, 1.165) is 0 Å². The molecule has 0 bridgehead atoms. The first-order valence-corrected chi connectivity index (χ1v) is 12.2. The molecule has 4 heteroatoms. The average molecular weight is 426 g/mol. The first kappa shape index (κ1) is 16.3. The Hall–Kier alpha value is -2.53. The van der Waals surface area contributed by atoms with Crippen molar-refractivity contribution in [1.29, 1.82) is 0 Å². The van der Waals surface area contributed by atoms with E-state index in [4.69, 9.17) is 0 Å². The first-order chi connectivity index (χ1) is 14.4. The molecule has 1 aliphatic heterocycles. The predicted octanol–water partition coefficient (Wildman–Crippen LogP) is 8.64. The van der Waals surface area contributed by atoms with Crippen molar-refractivity contribution in [2.45, 2.75) is 10.3 Å². The third-order valence-electron chi connectivity index (χ3n) is 5.71. The van der Waals surface area contributed by atoms with Crippen LogP contribution in [-0.4, -0.2) is 0 Å². The lowest BCUT2D eigenvalue weighted by Crippen LogP contribution is -2.00. The van der Waals surface area contributed by atoms with E-state index in [-0.39, 0.29) is 5.37 Å². The lowest BCUT2D eigenvalue weighted by Gasteiger charge is -2.10. The number of nitrogens with one attached hydrogen (secondary N) is 1. The first-order valence-electron chi connectivity index (χ1n) is 9.65. The Bertz CT molecular complexity index is 1460. The average Bonchev–Trinajstić information content (AvgIpc) is 3.46. The van der Waals surface area contributed by atoms with Gasteiger partial charge in [-0.1, -0.05) is 78.5 Å². The van der Waals surface area contributed by atoms with E-state index in [1.54, 1.807) is 0 Å². The maximum atomic E-state index is 3.89. The molecular formula is C25H15NS3. The highest BCUT2D eigenvalue weighted by molar-refractivity contribution is 8.00. The van der Waals surface area contributed by atoms with Gasteiger partial charge in [-0.25, -0.2) is 0 Å². The Labute approximate surface area is 180 Å². The second-order valence-corrected chi connectivity index (χ2v) is 10.6. The van der Waals surface area contributed by atoms with E-state index in [9.17, 15) is 0 Å². The Morgan fingerprint density at radius 3 is 1.93 bits per heavy atom. The van der Waals surface area contributed by atoms with Crippen LogP contribution in [0.4, 0.5) is 5.69 Å². The van der Waals surface area contributed by atoms with Crippen LogP contribution in [0.25, 0.3) is 40.3 Å². The maximum Gasteiger partial charge on any atom is 0.103 e. The molecule has 6 aromatic rings. The molecule has 138 valence electrons. The van der Waals surface area contributed by atoms with Crippen molar-refractivity contribution in [3.8, 4) is 0 Å². The molecule has 29 heavy (non-hydrogen) atoms. The van der Waals surface area contributed by atoms with Gasteiger partial charge in [0.15, 0.2) is 0 Å². The topological polar surface area (TPSA) is 12.0 Å². The molecule has 7 rings (SSSR count). The molecule has 2 aromatic heterocycles. The number of anilines is 1. The number of hydrogen-bond acceptors (Lipinski definition) is 4. The summed E-state index contributed by atoms with van der Waals surface area (Å²) in [6, 6.07) is 28.5. The van der Waals surface area contributed by atoms with Gasteiger partial charge in [-0.05, 0) is 17.7 Å². The number of fused-ring (bicyclic) bond motifs is 10. The van der Waals surface area contributed by atoms with Crippen molar-refractivity contribution in [2.75, 3.05) is 5.32 Å². The standard InChI is InChI=1S/C25H15NS3/c1-2-8-14(9-3-1)25-26-21-19-15-10-4-6-12-17(15)27-23(19)24-20(22(21)29-25)16-11-5-7-13-18(16)28-24/h1-13,25-26H. The molecule has 1 N–H and O–H groups in total. The number of rotatable bonds is 1. The maximum absolute atomic E-state index is 3.89. The molecule has 0 fully saturated rings. The minimum atomic E-state index is 0.248. The van der Waals surface area contributed by atoms with Crippen LogP contribution in [0.5, 0.6) is 0 Å². The highest BCUT2D eigenvalue weighted by Crippen LogP contribution is 2.58. The van der Waals surface area contributed by atoms with Crippen LogP contribution >= 0.6 is 34.4 Å². The SMILES string of the molecule is c1ccc(C2Nc3c(c4c5ccccc5sc4c4sc5ccccc5c34)S2)cc1. The van der Waals surface area contributed by atoms with Gasteiger partial charge in [-0.15, -0.1) is 22.7 Å². The smallest absolute Gasteiger partial charge is 0.103 e. The molecule has 1 aliphatic rings. The van der Waals surface area contributed by atoms with Crippen molar-refractivity contribution in [3.05, 3.63) is 84.4 Å². The van der Waals surface area contributed by atoms with Crippen molar-refractivity contribution in [3.63, 3.8) is 0 Å². The number of thiophene rings is 2. The quantitative estimate of drug-likeness (QED) is 0.283. The fraction of sp³-hybridized carbons (Fsp3) is 0.0400. The molecule has 0 spiro atoms. The van der Waals surface area contributed by atoms with Crippen molar-refractivity contribution >= 4 is 80.5 Å². The molecule has 0 amide bonds. The van der Waals surface area contributed by atoms with Gasteiger partial charge >= 0.3 is 0 Å². The van der Waals surface area contributed by atoms with E-state index < -0.39 is 0 Å². The number of benzene rings is 4. The zero-order valence-electron chi connectivity index (χ0n) is 15.3. The van der Waals surface area contributed by atoms with Crippen molar-refractivity contribution in [1.82, 2.24) is 0 Å². The fourth-order valence-corrected chi connectivity index (χ4v) is 8.38. The number of hydrogen-bond donors (Lipinski definition) is 1. The van der Waals surface area contributed by atoms with Crippen molar-refractivity contribution < 1.29 is 0 Å². The van der Waals surface area contributed by atoms with Crippen LogP contribution in [-0.2, 0) is 0 Å². The van der Waals surface area contributed by atoms with E-state index in [2.05, 4.69) is 84.2 Å². The van der Waals surface area contributed by atoms with Crippen LogP contribution < -0.4 is 5.32 Å². The Balaban J connectivity index is 1.65. The van der Waals surface area contributed by atoms with E-state index in [0.29, 0.717) is 0 Å². The van der Waals surface area contributed by atoms with Gasteiger partial charge in [0.1, 0.15) is 5.37 Å². The summed E-state index contributed by atoms with van der Waals surface area (Å²) in [6.07, 6.45) is 0. The summed E-state index contributed by atoms with van der Waals surface area (Å²) in [7, 11) is 0. The van der Waals surface area contributed by atoms with Gasteiger partial charge in [0.05, 0.1) is 15.1 Å². The molecule has 3 heterocycles. The minimum absolute atomic E-state index is 0.248. The van der Waals surface area contributed by atoms with E-state index in [1.165, 1.54) is 56.5 Å². The van der Waals surface area contributed by atoms with Gasteiger partial charge in [-0.2, -0.15) is 0 Å². The van der Waals surface area contributed by atoms with Gasteiger partial charge in [-0.3, -0.25) is 0 Å². The Kier molecular flexibility index (Phi) is 3.36. The summed E-state index contributed by atoms with van der Waals surface area (Å²) in [5, 5.41) is 9.71. The summed E-state index contributed by atoms with van der Waals surface area (Å²) in [6.45, 7) is 0. The zero-order chi connectivity index (χ0) is 18.9. The molecule has 0 radical (unpaired) electrons. The summed E-state index contributed by atoms with van der Waals surface area (Å²) in [5.41, 5.74) is 2.64. The second kappa shape index (κ2) is 5.99. The summed E-state index contributed by atoms with van der Waals surface area (Å²) >= 11 is 5.83. The van der Waals surface area contributed by atoms with Gasteiger partial charge < -0.3 is 5.32 Å². The minimum Gasteiger partial charge on any atom is -0.368 e. The number of thioether (sulfide) groups is 1. The predicted molar refractivity (Wildman–Crippen MR) is 131 cm³/mol. The molecular weight excluding hydrogens is 410 g/mol. The molecule has 1 atom stereocenters. The monoisotopic (exact) mass is 425 g/mol. The molecule has 4 aromatic carbocycles. The molecule has 0 aliphatic carbocycles. The summed E-state index contributed by atoms with van der Waals surface area (Å²) in [4.78, 5) is 1.40. The van der Waals surface area contributed by atoms with Crippen LogP contribution in [0.1, 0.15) is 10.9 Å². The third-order valence-corrected chi connectivity index (χ3v) is 9.49. The Morgan fingerprint density at radius 2 is 1.21 bits per heavy atom. The highest BCUT2D eigenvalue weighted by Gasteiger charge is 2.30. The zero-order valence-corrected chi connectivity index (χ0v) is 17.8. The molecule has 1 nitrogen and oxygen atoms in total. The van der Waals surface area contributed by atoms with Crippen LogP contribution in [0.15, 0.2) is 83.8 Å². The van der Waals surface area contributed by atoms with Crippen LogP contribution in [0.2, 0.25) is 0 Å². The van der Waals surface area contributed by atoms with Crippen LogP contribution in [0, 0.1) is 0 Å². The lowest BCUT2D eigenvalue weighted by atomic mass is 10.1.